The minimum Gasteiger partial charge on any atom is -0.497 e. The SMILES string of the molecule is COC(=O)C(C)CNc1cc(OC)ccc1OC. The number of hydrogen-bond acceptors (Lipinski definition) is 5. The van der Waals surface area contributed by atoms with Crippen molar-refractivity contribution in [3.05, 3.63) is 18.2 Å². The second-order valence-electron chi connectivity index (χ2n) is 3.87. The van der Waals surface area contributed by atoms with Crippen molar-refractivity contribution in [2.75, 3.05) is 33.2 Å². The van der Waals surface area contributed by atoms with Crippen molar-refractivity contribution in [1.29, 1.82) is 0 Å². The van der Waals surface area contributed by atoms with Crippen LogP contribution in [0.25, 0.3) is 0 Å². The molecule has 0 amide bonds. The van der Waals surface area contributed by atoms with E-state index in [9.17, 15) is 4.79 Å². The molecule has 0 aliphatic heterocycles. The molecule has 1 aromatic rings. The fraction of sp³-hybridized carbons (Fsp3) is 0.462. The monoisotopic (exact) mass is 253 g/mol. The lowest BCUT2D eigenvalue weighted by atomic mass is 10.2. The van der Waals surface area contributed by atoms with E-state index < -0.39 is 0 Å². The third-order valence-corrected chi connectivity index (χ3v) is 2.61. The Morgan fingerprint density at radius 1 is 1.28 bits per heavy atom. The van der Waals surface area contributed by atoms with Crippen LogP contribution in [-0.2, 0) is 9.53 Å². The van der Waals surface area contributed by atoms with Crippen LogP contribution < -0.4 is 14.8 Å². The van der Waals surface area contributed by atoms with Gasteiger partial charge < -0.3 is 19.5 Å². The molecule has 1 rings (SSSR count). The molecule has 1 N–H and O–H groups in total. The molecule has 0 saturated carbocycles. The fourth-order valence-electron chi connectivity index (χ4n) is 1.50. The van der Waals surface area contributed by atoms with Gasteiger partial charge in [-0.15, -0.1) is 0 Å². The largest absolute Gasteiger partial charge is 0.497 e. The predicted molar refractivity (Wildman–Crippen MR) is 69.2 cm³/mol. The van der Waals surface area contributed by atoms with Crippen LogP contribution >= 0.6 is 0 Å². The molecule has 0 aliphatic carbocycles. The van der Waals surface area contributed by atoms with E-state index in [-0.39, 0.29) is 11.9 Å². The molecule has 0 aromatic heterocycles. The van der Waals surface area contributed by atoms with Crippen molar-refractivity contribution in [3.63, 3.8) is 0 Å². The Balaban J connectivity index is 2.73. The maximum Gasteiger partial charge on any atom is 0.310 e. The standard InChI is InChI=1S/C13H19NO4/c1-9(13(15)18-4)8-14-11-7-10(16-2)5-6-12(11)17-3/h5-7,9,14H,8H2,1-4H3. The summed E-state index contributed by atoms with van der Waals surface area (Å²) in [5.41, 5.74) is 0.785. The number of nitrogens with one attached hydrogen (secondary N) is 1. The number of rotatable bonds is 6. The van der Waals surface area contributed by atoms with Crippen LogP contribution in [0, 0.1) is 5.92 Å². The van der Waals surface area contributed by atoms with Gasteiger partial charge in [-0.2, -0.15) is 0 Å². The molecule has 1 unspecified atom stereocenters. The highest BCUT2D eigenvalue weighted by Crippen LogP contribution is 2.28. The molecule has 18 heavy (non-hydrogen) atoms. The quantitative estimate of drug-likeness (QED) is 0.785. The van der Waals surface area contributed by atoms with Crippen LogP contribution in [-0.4, -0.2) is 33.8 Å². The normalized spacial score (nSPS) is 11.6. The minimum atomic E-state index is -0.246. The summed E-state index contributed by atoms with van der Waals surface area (Å²) in [5.74, 6) is 0.951. The Morgan fingerprint density at radius 3 is 2.56 bits per heavy atom. The fourth-order valence-corrected chi connectivity index (χ4v) is 1.50. The molecule has 100 valence electrons. The van der Waals surface area contributed by atoms with Gasteiger partial charge in [0.25, 0.3) is 0 Å². The summed E-state index contributed by atoms with van der Waals surface area (Å²) in [5, 5.41) is 3.15. The molecule has 0 heterocycles. The lowest BCUT2D eigenvalue weighted by Gasteiger charge is -2.15. The topological polar surface area (TPSA) is 56.8 Å². The van der Waals surface area contributed by atoms with Crippen molar-refractivity contribution in [2.45, 2.75) is 6.92 Å². The van der Waals surface area contributed by atoms with E-state index in [1.54, 1.807) is 21.1 Å². The number of carbonyl (C=O) groups is 1. The van der Waals surface area contributed by atoms with Gasteiger partial charge >= 0.3 is 5.97 Å². The molecule has 1 aromatic carbocycles. The van der Waals surface area contributed by atoms with Crippen LogP contribution in [0.2, 0.25) is 0 Å². The van der Waals surface area contributed by atoms with Crippen LogP contribution in [0.3, 0.4) is 0 Å². The second kappa shape index (κ2) is 6.74. The van der Waals surface area contributed by atoms with Crippen LogP contribution in [0.4, 0.5) is 5.69 Å². The van der Waals surface area contributed by atoms with Gasteiger partial charge in [0, 0.05) is 12.6 Å². The summed E-state index contributed by atoms with van der Waals surface area (Å²) in [6, 6.07) is 5.44. The highest BCUT2D eigenvalue weighted by atomic mass is 16.5. The Bertz CT molecular complexity index is 406. The molecule has 0 bridgehead atoms. The number of ether oxygens (including phenoxy) is 3. The van der Waals surface area contributed by atoms with Gasteiger partial charge in [0.2, 0.25) is 0 Å². The first-order valence-corrected chi connectivity index (χ1v) is 5.66. The molecule has 5 heteroatoms. The first-order chi connectivity index (χ1) is 8.62. The van der Waals surface area contributed by atoms with E-state index in [1.165, 1.54) is 7.11 Å². The molecule has 5 nitrogen and oxygen atoms in total. The van der Waals surface area contributed by atoms with Crippen LogP contribution in [0.1, 0.15) is 6.92 Å². The van der Waals surface area contributed by atoms with Crippen molar-refractivity contribution in [2.24, 2.45) is 5.92 Å². The van der Waals surface area contributed by atoms with Gasteiger partial charge in [-0.05, 0) is 12.1 Å². The Labute approximate surface area is 107 Å². The number of esters is 1. The van der Waals surface area contributed by atoms with Gasteiger partial charge in [0.1, 0.15) is 11.5 Å². The molecule has 0 aliphatic rings. The number of carbonyl (C=O) groups excluding carboxylic acids is 1. The van der Waals surface area contributed by atoms with Crippen LogP contribution in [0.5, 0.6) is 11.5 Å². The number of benzene rings is 1. The molecule has 0 spiro atoms. The summed E-state index contributed by atoms with van der Waals surface area (Å²) < 4.78 is 15.0. The molecular weight excluding hydrogens is 234 g/mol. The molecule has 0 radical (unpaired) electrons. The summed E-state index contributed by atoms with van der Waals surface area (Å²) in [6.07, 6.45) is 0. The van der Waals surface area contributed by atoms with E-state index in [1.807, 2.05) is 18.2 Å². The minimum absolute atomic E-state index is 0.231. The van der Waals surface area contributed by atoms with E-state index in [4.69, 9.17) is 9.47 Å². The van der Waals surface area contributed by atoms with Crippen molar-refractivity contribution in [3.8, 4) is 11.5 Å². The molecular formula is C13H19NO4. The first kappa shape index (κ1) is 14.2. The zero-order valence-corrected chi connectivity index (χ0v) is 11.1. The number of hydrogen-bond donors (Lipinski definition) is 1. The van der Waals surface area contributed by atoms with Gasteiger partial charge in [0.15, 0.2) is 0 Å². The van der Waals surface area contributed by atoms with Crippen molar-refractivity contribution >= 4 is 11.7 Å². The van der Waals surface area contributed by atoms with E-state index in [0.717, 1.165) is 11.4 Å². The highest BCUT2D eigenvalue weighted by Gasteiger charge is 2.13. The van der Waals surface area contributed by atoms with E-state index in [0.29, 0.717) is 12.3 Å². The zero-order chi connectivity index (χ0) is 13.5. The van der Waals surface area contributed by atoms with E-state index >= 15 is 0 Å². The van der Waals surface area contributed by atoms with Gasteiger partial charge in [0.05, 0.1) is 32.9 Å². The maximum absolute atomic E-state index is 11.3. The lowest BCUT2D eigenvalue weighted by molar-refractivity contribution is -0.144. The van der Waals surface area contributed by atoms with Gasteiger partial charge in [-0.1, -0.05) is 6.92 Å². The Morgan fingerprint density at radius 2 is 2.00 bits per heavy atom. The predicted octanol–water partition coefficient (Wildman–Crippen LogP) is 1.92. The Kier molecular flexibility index (Phi) is 5.30. The molecule has 0 saturated heterocycles. The molecule has 0 fully saturated rings. The lowest BCUT2D eigenvalue weighted by Crippen LogP contribution is -2.21. The van der Waals surface area contributed by atoms with Gasteiger partial charge in [-0.3, -0.25) is 4.79 Å². The third-order valence-electron chi connectivity index (χ3n) is 2.61. The number of anilines is 1. The molecule has 1 atom stereocenters. The van der Waals surface area contributed by atoms with Crippen molar-refractivity contribution in [1.82, 2.24) is 0 Å². The Hall–Kier alpha value is -1.91. The average Bonchev–Trinajstić information content (AvgIpc) is 2.43. The van der Waals surface area contributed by atoms with Gasteiger partial charge in [-0.25, -0.2) is 0 Å². The second-order valence-corrected chi connectivity index (χ2v) is 3.87. The van der Waals surface area contributed by atoms with E-state index in [2.05, 4.69) is 10.1 Å². The maximum atomic E-state index is 11.3. The smallest absolute Gasteiger partial charge is 0.310 e. The average molecular weight is 253 g/mol. The first-order valence-electron chi connectivity index (χ1n) is 5.66. The summed E-state index contributed by atoms with van der Waals surface area (Å²) in [7, 11) is 4.57. The summed E-state index contributed by atoms with van der Waals surface area (Å²) in [4.78, 5) is 11.3. The zero-order valence-electron chi connectivity index (χ0n) is 11.1. The van der Waals surface area contributed by atoms with Crippen molar-refractivity contribution < 1.29 is 19.0 Å². The highest BCUT2D eigenvalue weighted by molar-refractivity contribution is 5.73. The number of methoxy groups -OCH3 is 3. The third kappa shape index (κ3) is 3.55. The summed E-state index contributed by atoms with van der Waals surface area (Å²) >= 11 is 0. The summed E-state index contributed by atoms with van der Waals surface area (Å²) in [6.45, 7) is 2.27. The van der Waals surface area contributed by atoms with Crippen LogP contribution in [0.15, 0.2) is 18.2 Å².